The van der Waals surface area contributed by atoms with Gasteiger partial charge in [-0.2, -0.15) is 26.3 Å². The van der Waals surface area contributed by atoms with E-state index < -0.39 is 29.4 Å². The van der Waals surface area contributed by atoms with Crippen LogP contribution < -0.4 is 4.90 Å². The van der Waals surface area contributed by atoms with Crippen molar-refractivity contribution in [3.63, 3.8) is 0 Å². The van der Waals surface area contributed by atoms with Gasteiger partial charge in [0, 0.05) is 23.4 Å². The summed E-state index contributed by atoms with van der Waals surface area (Å²) >= 11 is 0. The zero-order valence-electron chi connectivity index (χ0n) is 15.9. The summed E-state index contributed by atoms with van der Waals surface area (Å²) < 4.78 is 79.4. The third-order valence-corrected chi connectivity index (χ3v) is 5.20. The van der Waals surface area contributed by atoms with Crippen LogP contribution in [0.5, 0.6) is 0 Å². The van der Waals surface area contributed by atoms with Crippen LogP contribution in [0, 0.1) is 6.92 Å². The zero-order chi connectivity index (χ0) is 22.3. The van der Waals surface area contributed by atoms with Gasteiger partial charge in [0.1, 0.15) is 0 Å². The molecule has 0 aromatic heterocycles. The third kappa shape index (κ3) is 3.78. The maximum absolute atomic E-state index is 13.2. The van der Waals surface area contributed by atoms with Gasteiger partial charge < -0.3 is 10.0 Å². The summed E-state index contributed by atoms with van der Waals surface area (Å²) in [4.78, 5) is 14.3. The lowest BCUT2D eigenvalue weighted by Gasteiger charge is -2.33. The number of alkyl halides is 6. The first kappa shape index (κ1) is 22.1. The first-order chi connectivity index (χ1) is 13.9. The number of rotatable bonds is 2. The summed E-state index contributed by atoms with van der Waals surface area (Å²) in [6.45, 7) is 2.08. The molecule has 1 aliphatic rings. The lowest BCUT2D eigenvalue weighted by atomic mass is 9.89. The first-order valence-electron chi connectivity index (χ1n) is 9.24. The molecule has 0 radical (unpaired) electrons. The van der Waals surface area contributed by atoms with Crippen molar-refractivity contribution in [2.24, 2.45) is 0 Å². The second kappa shape index (κ2) is 7.61. The monoisotopic (exact) mass is 431 g/mol. The molecule has 3 nitrogen and oxygen atoms in total. The molecule has 0 unspecified atom stereocenters. The minimum Gasteiger partial charge on any atom is -0.369 e. The van der Waals surface area contributed by atoms with Gasteiger partial charge in [0.25, 0.3) is 11.5 Å². The molecule has 1 amide bonds. The van der Waals surface area contributed by atoms with Crippen LogP contribution >= 0.6 is 0 Å². The highest BCUT2D eigenvalue weighted by molar-refractivity contribution is 6.06. The van der Waals surface area contributed by atoms with Crippen LogP contribution in [0.3, 0.4) is 0 Å². The molecule has 0 fully saturated rings. The molecule has 0 spiro atoms. The van der Waals surface area contributed by atoms with Gasteiger partial charge in [0.05, 0.1) is 0 Å². The van der Waals surface area contributed by atoms with Gasteiger partial charge in [-0.05, 0) is 49.9 Å². The Morgan fingerprint density at radius 2 is 1.63 bits per heavy atom. The number of nitrogens with zero attached hydrogens (tertiary/aromatic N) is 1. The van der Waals surface area contributed by atoms with E-state index in [-0.39, 0.29) is 24.2 Å². The molecule has 0 atom stereocenters. The van der Waals surface area contributed by atoms with Crippen molar-refractivity contribution in [2.45, 2.75) is 44.1 Å². The summed E-state index contributed by atoms with van der Waals surface area (Å²) in [5.41, 5.74) is -4.70. The van der Waals surface area contributed by atoms with E-state index in [4.69, 9.17) is 0 Å². The van der Waals surface area contributed by atoms with Gasteiger partial charge in [0.15, 0.2) is 0 Å². The Morgan fingerprint density at radius 1 is 0.967 bits per heavy atom. The number of fused-ring (bicyclic) bond motifs is 1. The van der Waals surface area contributed by atoms with Crippen LogP contribution in [-0.4, -0.2) is 29.9 Å². The Kier molecular flexibility index (Phi) is 5.62. The van der Waals surface area contributed by atoms with Crippen LogP contribution in [0.1, 0.15) is 39.9 Å². The maximum Gasteiger partial charge on any atom is 0.430 e. The number of anilines is 1. The number of amides is 1. The lowest BCUT2D eigenvalue weighted by Crippen LogP contribution is -2.54. The zero-order valence-corrected chi connectivity index (χ0v) is 15.9. The van der Waals surface area contributed by atoms with Gasteiger partial charge in [-0.3, -0.25) is 4.79 Å². The van der Waals surface area contributed by atoms with Gasteiger partial charge >= 0.3 is 12.4 Å². The predicted octanol–water partition coefficient (Wildman–Crippen LogP) is 5.29. The normalized spacial score (nSPS) is 15.5. The molecule has 162 valence electrons. The molecule has 0 saturated carbocycles. The van der Waals surface area contributed by atoms with E-state index in [0.29, 0.717) is 30.5 Å². The molecule has 1 N–H and O–H groups in total. The number of aliphatic hydroxyl groups is 1. The molecule has 2 aromatic rings. The lowest BCUT2D eigenvalue weighted by molar-refractivity contribution is -0.376. The Balaban J connectivity index is 2.09. The molecule has 2 aromatic carbocycles. The van der Waals surface area contributed by atoms with Gasteiger partial charge in [-0.1, -0.05) is 29.8 Å². The molecule has 3 rings (SSSR count). The minimum absolute atomic E-state index is 0.151. The number of carbonyl (C=O) groups is 1. The average molecular weight is 431 g/mol. The van der Waals surface area contributed by atoms with E-state index >= 15 is 0 Å². The van der Waals surface area contributed by atoms with Crippen LogP contribution in [0.4, 0.5) is 32.0 Å². The second-order valence-electron chi connectivity index (χ2n) is 7.33. The Labute approximate surface area is 168 Å². The van der Waals surface area contributed by atoms with Crippen LogP contribution in [0.2, 0.25) is 0 Å². The fourth-order valence-corrected chi connectivity index (χ4v) is 3.61. The van der Waals surface area contributed by atoms with Gasteiger partial charge in [-0.15, -0.1) is 0 Å². The topological polar surface area (TPSA) is 40.5 Å². The van der Waals surface area contributed by atoms with E-state index in [2.05, 4.69) is 0 Å². The van der Waals surface area contributed by atoms with Crippen molar-refractivity contribution in [1.29, 1.82) is 0 Å². The third-order valence-electron chi connectivity index (χ3n) is 5.20. The SMILES string of the molecule is Cc1cccc(C(=O)N2CCCCc3cc(C(O)(C(F)(F)F)C(F)(F)F)ccc32)c1. The largest absolute Gasteiger partial charge is 0.430 e. The molecular formula is C21H19F6NO2. The quantitative estimate of drug-likeness (QED) is 0.657. The summed E-state index contributed by atoms with van der Waals surface area (Å²) in [6, 6.07) is 9.09. The molecule has 0 bridgehead atoms. The molecule has 30 heavy (non-hydrogen) atoms. The minimum atomic E-state index is -5.96. The van der Waals surface area contributed by atoms with Gasteiger partial charge in [0.2, 0.25) is 0 Å². The second-order valence-corrected chi connectivity index (χ2v) is 7.33. The Bertz CT molecular complexity index is 937. The molecule has 0 aliphatic carbocycles. The van der Waals surface area contributed by atoms with E-state index in [1.807, 2.05) is 0 Å². The fourth-order valence-electron chi connectivity index (χ4n) is 3.61. The number of aryl methyl sites for hydroxylation is 2. The fraction of sp³-hybridized carbons (Fsp3) is 0.381. The highest BCUT2D eigenvalue weighted by Gasteiger charge is 2.71. The standard InChI is InChI=1S/C21H19F6NO2/c1-13-5-4-7-15(11-13)18(29)28-10-3-2-6-14-12-16(8-9-17(14)28)19(30,20(22,23)24)21(25,26)27/h4-5,7-9,11-12,30H,2-3,6,10H2,1H3. The van der Waals surface area contributed by atoms with E-state index in [9.17, 15) is 36.2 Å². The average Bonchev–Trinajstić information content (AvgIpc) is 2.86. The number of hydrogen-bond donors (Lipinski definition) is 1. The van der Waals surface area contributed by atoms with Crippen molar-refractivity contribution >= 4 is 11.6 Å². The highest BCUT2D eigenvalue weighted by atomic mass is 19.4. The summed E-state index contributed by atoms with van der Waals surface area (Å²) in [5, 5.41) is 9.68. The highest BCUT2D eigenvalue weighted by Crippen LogP contribution is 2.50. The Hall–Kier alpha value is -2.55. The molecule has 1 heterocycles. The van der Waals surface area contributed by atoms with E-state index in [0.717, 1.165) is 11.6 Å². The molecule has 1 aliphatic heterocycles. The van der Waals surface area contributed by atoms with Crippen molar-refractivity contribution < 1.29 is 36.2 Å². The maximum atomic E-state index is 13.2. The predicted molar refractivity (Wildman–Crippen MR) is 98.2 cm³/mol. The van der Waals surface area contributed by atoms with Crippen molar-refractivity contribution in [3.05, 3.63) is 64.7 Å². The van der Waals surface area contributed by atoms with Crippen molar-refractivity contribution in [3.8, 4) is 0 Å². The summed E-state index contributed by atoms with van der Waals surface area (Å²) in [6.07, 6.45) is -10.7. The van der Waals surface area contributed by atoms with Gasteiger partial charge in [-0.25, -0.2) is 0 Å². The molecule has 0 saturated heterocycles. The first-order valence-corrected chi connectivity index (χ1v) is 9.24. The Morgan fingerprint density at radius 3 is 2.23 bits per heavy atom. The van der Waals surface area contributed by atoms with Crippen LogP contribution in [-0.2, 0) is 12.0 Å². The molecule has 9 heteroatoms. The van der Waals surface area contributed by atoms with Crippen LogP contribution in [0.15, 0.2) is 42.5 Å². The van der Waals surface area contributed by atoms with E-state index in [1.165, 1.54) is 4.90 Å². The number of halogens is 6. The number of carbonyl (C=O) groups excluding carboxylic acids is 1. The number of benzene rings is 2. The van der Waals surface area contributed by atoms with Crippen LogP contribution in [0.25, 0.3) is 0 Å². The van der Waals surface area contributed by atoms with Crippen molar-refractivity contribution in [2.75, 3.05) is 11.4 Å². The molecular weight excluding hydrogens is 412 g/mol. The summed E-state index contributed by atoms with van der Waals surface area (Å²) in [5.74, 6) is -0.392. The number of hydrogen-bond acceptors (Lipinski definition) is 2. The summed E-state index contributed by atoms with van der Waals surface area (Å²) in [7, 11) is 0. The van der Waals surface area contributed by atoms with Crippen molar-refractivity contribution in [1.82, 2.24) is 0 Å². The van der Waals surface area contributed by atoms with E-state index in [1.54, 1.807) is 31.2 Å². The smallest absolute Gasteiger partial charge is 0.369 e.